The van der Waals surface area contributed by atoms with Gasteiger partial charge in [0.05, 0.1) is 0 Å². The van der Waals surface area contributed by atoms with Gasteiger partial charge in [-0.15, -0.1) is 0 Å². The molecule has 1 aromatic carbocycles. The van der Waals surface area contributed by atoms with Gasteiger partial charge in [-0.3, -0.25) is 9.78 Å². The van der Waals surface area contributed by atoms with E-state index in [-0.39, 0.29) is 5.91 Å². The zero-order valence-corrected chi connectivity index (χ0v) is 11.3. The van der Waals surface area contributed by atoms with Crippen LogP contribution in [-0.2, 0) is 0 Å². The van der Waals surface area contributed by atoms with Crippen molar-refractivity contribution in [2.24, 2.45) is 0 Å². The molecule has 0 bridgehead atoms. The predicted molar refractivity (Wildman–Crippen MR) is 76.9 cm³/mol. The molecule has 0 aliphatic carbocycles. The molecule has 2 rings (SSSR count). The molecule has 0 aliphatic rings. The second kappa shape index (κ2) is 6.14. The third-order valence-electron chi connectivity index (χ3n) is 3.17. The van der Waals surface area contributed by atoms with Gasteiger partial charge in [0.2, 0.25) is 0 Å². The molecule has 1 amide bonds. The van der Waals surface area contributed by atoms with Crippen LogP contribution in [0.25, 0.3) is 11.1 Å². The molecule has 1 aromatic heterocycles. The number of pyridine rings is 1. The van der Waals surface area contributed by atoms with Crippen LogP contribution >= 0.6 is 0 Å². The maximum absolute atomic E-state index is 12.3. The van der Waals surface area contributed by atoms with Crippen molar-refractivity contribution in [2.75, 3.05) is 13.1 Å². The van der Waals surface area contributed by atoms with Crippen LogP contribution in [0, 0.1) is 0 Å². The fourth-order valence-electron chi connectivity index (χ4n) is 2.07. The third kappa shape index (κ3) is 2.99. The van der Waals surface area contributed by atoms with E-state index in [4.69, 9.17) is 0 Å². The molecule has 0 saturated carbocycles. The number of amides is 1. The number of benzene rings is 1. The first-order chi connectivity index (χ1) is 9.26. The van der Waals surface area contributed by atoms with Gasteiger partial charge in [-0.25, -0.2) is 0 Å². The highest BCUT2D eigenvalue weighted by atomic mass is 16.2. The first-order valence-electron chi connectivity index (χ1n) is 6.56. The number of carbonyl (C=O) groups is 1. The van der Waals surface area contributed by atoms with Crippen LogP contribution in [0.1, 0.15) is 24.2 Å². The molecule has 0 fully saturated rings. The maximum atomic E-state index is 12.3. The van der Waals surface area contributed by atoms with Crippen molar-refractivity contribution >= 4 is 5.91 Å². The smallest absolute Gasteiger partial charge is 0.253 e. The van der Waals surface area contributed by atoms with Crippen molar-refractivity contribution in [3.05, 3.63) is 54.4 Å². The van der Waals surface area contributed by atoms with Gasteiger partial charge in [0.1, 0.15) is 0 Å². The van der Waals surface area contributed by atoms with Crippen molar-refractivity contribution in [3.63, 3.8) is 0 Å². The molecule has 98 valence electrons. The summed E-state index contributed by atoms with van der Waals surface area (Å²) in [6.07, 6.45) is 3.52. The zero-order chi connectivity index (χ0) is 13.7. The van der Waals surface area contributed by atoms with Crippen molar-refractivity contribution < 1.29 is 4.79 Å². The van der Waals surface area contributed by atoms with E-state index < -0.39 is 0 Å². The van der Waals surface area contributed by atoms with Gasteiger partial charge < -0.3 is 4.90 Å². The number of carbonyl (C=O) groups excluding carboxylic acids is 1. The number of aromatic nitrogens is 1. The van der Waals surface area contributed by atoms with Gasteiger partial charge in [0, 0.05) is 31.0 Å². The predicted octanol–water partition coefficient (Wildman–Crippen LogP) is 3.23. The summed E-state index contributed by atoms with van der Waals surface area (Å²) in [7, 11) is 0. The second-order valence-corrected chi connectivity index (χ2v) is 4.29. The number of hydrogen-bond donors (Lipinski definition) is 0. The first-order valence-corrected chi connectivity index (χ1v) is 6.56. The molecule has 19 heavy (non-hydrogen) atoms. The summed E-state index contributed by atoms with van der Waals surface area (Å²) in [6, 6.07) is 11.6. The van der Waals surface area contributed by atoms with E-state index in [2.05, 4.69) is 4.98 Å². The highest BCUT2D eigenvalue weighted by Gasteiger charge is 2.12. The largest absolute Gasteiger partial charge is 0.339 e. The van der Waals surface area contributed by atoms with Crippen LogP contribution in [0.4, 0.5) is 0 Å². The lowest BCUT2D eigenvalue weighted by Crippen LogP contribution is -2.30. The lowest BCUT2D eigenvalue weighted by molar-refractivity contribution is 0.0773. The molecule has 0 saturated heterocycles. The number of rotatable bonds is 4. The van der Waals surface area contributed by atoms with Crippen LogP contribution < -0.4 is 0 Å². The zero-order valence-electron chi connectivity index (χ0n) is 11.3. The van der Waals surface area contributed by atoms with Crippen LogP contribution in [0.15, 0.2) is 48.8 Å². The molecule has 3 heteroatoms. The Morgan fingerprint density at radius 1 is 1.05 bits per heavy atom. The average Bonchev–Trinajstić information content (AvgIpc) is 2.49. The van der Waals surface area contributed by atoms with Crippen molar-refractivity contribution in [3.8, 4) is 11.1 Å². The molecule has 0 spiro atoms. The highest BCUT2D eigenvalue weighted by molar-refractivity contribution is 5.95. The standard InChI is InChI=1S/C16H18N2O/c1-3-18(4-2)16(19)15-7-5-6-14(12-15)13-8-10-17-11-9-13/h5-12H,3-4H2,1-2H3. The van der Waals surface area contributed by atoms with E-state index in [1.807, 2.05) is 55.1 Å². The van der Waals surface area contributed by atoms with Crippen LogP contribution in [0.5, 0.6) is 0 Å². The molecule has 0 aliphatic heterocycles. The van der Waals surface area contributed by atoms with E-state index in [1.165, 1.54) is 0 Å². The topological polar surface area (TPSA) is 33.2 Å². The minimum Gasteiger partial charge on any atom is -0.339 e. The summed E-state index contributed by atoms with van der Waals surface area (Å²) in [5.74, 6) is 0.0842. The van der Waals surface area contributed by atoms with Gasteiger partial charge in [0.15, 0.2) is 0 Å². The van der Waals surface area contributed by atoms with E-state index in [1.54, 1.807) is 12.4 Å². The van der Waals surface area contributed by atoms with Crippen LogP contribution in [0.3, 0.4) is 0 Å². The Morgan fingerprint density at radius 3 is 2.37 bits per heavy atom. The quantitative estimate of drug-likeness (QED) is 0.839. The highest BCUT2D eigenvalue weighted by Crippen LogP contribution is 2.20. The maximum Gasteiger partial charge on any atom is 0.253 e. The van der Waals surface area contributed by atoms with Gasteiger partial charge in [0.25, 0.3) is 5.91 Å². The second-order valence-electron chi connectivity index (χ2n) is 4.29. The fourth-order valence-corrected chi connectivity index (χ4v) is 2.07. The van der Waals surface area contributed by atoms with Crippen molar-refractivity contribution in [1.82, 2.24) is 9.88 Å². The number of hydrogen-bond acceptors (Lipinski definition) is 2. The normalized spacial score (nSPS) is 10.2. The van der Waals surface area contributed by atoms with Gasteiger partial charge in [-0.1, -0.05) is 12.1 Å². The molecular weight excluding hydrogens is 236 g/mol. The number of nitrogens with zero attached hydrogens (tertiary/aromatic N) is 2. The van der Waals surface area contributed by atoms with Crippen LogP contribution in [0.2, 0.25) is 0 Å². The van der Waals surface area contributed by atoms with Gasteiger partial charge in [-0.05, 0) is 49.2 Å². The Bertz CT molecular complexity index is 548. The van der Waals surface area contributed by atoms with E-state index in [9.17, 15) is 4.79 Å². The molecule has 0 N–H and O–H groups in total. The third-order valence-corrected chi connectivity index (χ3v) is 3.17. The van der Waals surface area contributed by atoms with Crippen LogP contribution in [-0.4, -0.2) is 28.9 Å². The Morgan fingerprint density at radius 2 is 1.74 bits per heavy atom. The molecule has 0 atom stereocenters. The Hall–Kier alpha value is -2.16. The molecular formula is C16H18N2O. The summed E-state index contributed by atoms with van der Waals surface area (Å²) < 4.78 is 0. The summed E-state index contributed by atoms with van der Waals surface area (Å²) in [6.45, 7) is 5.45. The van der Waals surface area contributed by atoms with Crippen molar-refractivity contribution in [2.45, 2.75) is 13.8 Å². The van der Waals surface area contributed by atoms with Crippen molar-refractivity contribution in [1.29, 1.82) is 0 Å². The molecule has 1 heterocycles. The van der Waals surface area contributed by atoms with Gasteiger partial charge >= 0.3 is 0 Å². The lowest BCUT2D eigenvalue weighted by Gasteiger charge is -2.18. The molecule has 3 nitrogen and oxygen atoms in total. The van der Waals surface area contributed by atoms with E-state index in [0.717, 1.165) is 29.8 Å². The Kier molecular flexibility index (Phi) is 4.29. The summed E-state index contributed by atoms with van der Waals surface area (Å²) in [5, 5.41) is 0. The molecule has 0 radical (unpaired) electrons. The SMILES string of the molecule is CCN(CC)C(=O)c1cccc(-c2ccncc2)c1. The lowest BCUT2D eigenvalue weighted by atomic mass is 10.0. The minimum absolute atomic E-state index is 0.0842. The summed E-state index contributed by atoms with van der Waals surface area (Å²) in [5.41, 5.74) is 2.85. The monoisotopic (exact) mass is 254 g/mol. The Labute approximate surface area is 113 Å². The van der Waals surface area contributed by atoms with E-state index in [0.29, 0.717) is 0 Å². The average molecular weight is 254 g/mol. The first kappa shape index (κ1) is 13.3. The fraction of sp³-hybridized carbons (Fsp3) is 0.250. The van der Waals surface area contributed by atoms with Gasteiger partial charge in [-0.2, -0.15) is 0 Å². The summed E-state index contributed by atoms with van der Waals surface area (Å²) >= 11 is 0. The molecule has 2 aromatic rings. The minimum atomic E-state index is 0.0842. The molecule has 0 unspecified atom stereocenters. The van der Waals surface area contributed by atoms with E-state index >= 15 is 0 Å². The summed E-state index contributed by atoms with van der Waals surface area (Å²) in [4.78, 5) is 18.1. The Balaban J connectivity index is 2.32.